The van der Waals surface area contributed by atoms with E-state index in [2.05, 4.69) is 42.2 Å². The van der Waals surface area contributed by atoms with Gasteiger partial charge in [-0.2, -0.15) is 4.98 Å². The van der Waals surface area contributed by atoms with E-state index in [4.69, 9.17) is 20.8 Å². The first kappa shape index (κ1) is 46.1. The molecule has 3 heterocycles. The molecule has 2 aromatic heterocycles. The van der Waals surface area contributed by atoms with E-state index in [0.717, 1.165) is 74.3 Å². The number of hydrogen-bond donors (Lipinski definition) is 8. The Bertz CT molecular complexity index is 1810. The number of amides is 3. The van der Waals surface area contributed by atoms with Gasteiger partial charge >= 0.3 is 5.97 Å². The summed E-state index contributed by atoms with van der Waals surface area (Å²) in [5.41, 5.74) is 7.13. The zero-order valence-electron chi connectivity index (χ0n) is 35.5. The summed E-state index contributed by atoms with van der Waals surface area (Å²) < 4.78 is 1.88. The van der Waals surface area contributed by atoms with Gasteiger partial charge in [-0.05, 0) is 82.6 Å². The molecule has 18 heteroatoms. The molecule has 3 aromatic rings. The molecule has 1 aromatic carbocycles. The maximum atomic E-state index is 13.1. The molecule has 2 unspecified atom stereocenters. The van der Waals surface area contributed by atoms with Gasteiger partial charge in [-0.1, -0.05) is 56.9 Å². The molecule has 60 heavy (non-hydrogen) atoms. The van der Waals surface area contributed by atoms with Crippen LogP contribution in [0.15, 0.2) is 30.5 Å². The number of aryl methyl sites for hydroxylation is 1. The number of nitrogens with one attached hydrogen (secondary N) is 6. The number of carbonyl (C=O) groups is 4. The summed E-state index contributed by atoms with van der Waals surface area (Å²) in [6.07, 6.45) is 12.9. The van der Waals surface area contributed by atoms with E-state index in [9.17, 15) is 19.2 Å². The summed E-state index contributed by atoms with van der Waals surface area (Å²) in [6, 6.07) is 6.72. The van der Waals surface area contributed by atoms with Crippen LogP contribution in [0.5, 0.6) is 0 Å². The van der Waals surface area contributed by atoms with Crippen molar-refractivity contribution >= 4 is 46.4 Å². The number of para-hydroxylation sites is 1. The summed E-state index contributed by atoms with van der Waals surface area (Å²) in [7, 11) is 0. The molecule has 0 radical (unpaired) electrons. The van der Waals surface area contributed by atoms with E-state index in [0.29, 0.717) is 38.0 Å². The number of anilines is 2. The predicted molar refractivity (Wildman–Crippen MR) is 231 cm³/mol. The van der Waals surface area contributed by atoms with E-state index < -0.39 is 24.0 Å². The van der Waals surface area contributed by atoms with Crippen LogP contribution in [-0.2, 0) is 32.3 Å². The van der Waals surface area contributed by atoms with Crippen LogP contribution >= 0.6 is 0 Å². The number of aliphatic carboxylic acids is 1. The lowest BCUT2D eigenvalue weighted by molar-refractivity contribution is -0.139. The summed E-state index contributed by atoms with van der Waals surface area (Å²) in [5.74, 6) is -1.01. The minimum absolute atomic E-state index is 0.0337. The minimum Gasteiger partial charge on any atom is -0.480 e. The molecule has 9 N–H and O–H groups in total. The van der Waals surface area contributed by atoms with Crippen molar-refractivity contribution in [2.24, 2.45) is 11.7 Å². The number of nitrogens with two attached hydrogens (primary N) is 1. The van der Waals surface area contributed by atoms with E-state index in [1.54, 1.807) is 0 Å². The maximum Gasteiger partial charge on any atom is 0.320 e. The molecule has 2 aliphatic rings. The second-order valence-corrected chi connectivity index (χ2v) is 16.2. The van der Waals surface area contributed by atoms with Gasteiger partial charge in [0.1, 0.15) is 23.6 Å². The lowest BCUT2D eigenvalue weighted by atomic mass is 9.95. The van der Waals surface area contributed by atoms with Crippen LogP contribution in [0, 0.1) is 5.92 Å². The number of carboxylic acids is 1. The Balaban J connectivity index is 1.01. The second-order valence-electron chi connectivity index (χ2n) is 16.2. The molecule has 3 atom stereocenters. The van der Waals surface area contributed by atoms with Crippen molar-refractivity contribution in [3.05, 3.63) is 36.2 Å². The Morgan fingerprint density at radius 1 is 0.933 bits per heavy atom. The van der Waals surface area contributed by atoms with Gasteiger partial charge in [-0.25, -0.2) is 4.98 Å². The SMILES string of the molecule is CCC(C)C(NC(=O)CC[C@@H](N)C(=O)O)C(=O)NCCC(=O)N1CCC(Nc2nc(NCc3cn(CCCNCCCNC4CCCCC4)nn3)nc3ccccc23)CC1. The van der Waals surface area contributed by atoms with Crippen LogP contribution in [0.25, 0.3) is 10.9 Å². The zero-order valence-corrected chi connectivity index (χ0v) is 35.5. The standard InChI is InChI=1S/C42H67N13O5/c1-3-29(2)38(50-36(56)16-15-34(43)41(59)60)40(58)46-23-17-37(57)54-25-18-31(19-26-54)48-39-33-13-7-8-14-35(33)49-42(51-39)47-27-32-28-55(53-52-32)24-10-21-44-20-9-22-45-30-11-5-4-6-12-30/h7-8,13-14,28-31,34,38,44-45H,3-6,9-12,15-27,43H2,1-2H3,(H,46,58)(H,50,56)(H,59,60)(H2,47,48,49,51)/t29?,34-,38?/m1/s1. The molecule has 5 rings (SSSR count). The Kier molecular flexibility index (Phi) is 18.7. The van der Waals surface area contributed by atoms with E-state index in [1.165, 1.54) is 32.1 Å². The summed E-state index contributed by atoms with van der Waals surface area (Å²) in [6.45, 7) is 9.28. The summed E-state index contributed by atoms with van der Waals surface area (Å²) in [5, 5.41) is 38.2. The number of hydrogen-bond acceptors (Lipinski definition) is 13. The van der Waals surface area contributed by atoms with Gasteiger partial charge in [0.25, 0.3) is 0 Å². The van der Waals surface area contributed by atoms with Crippen LogP contribution in [0.4, 0.5) is 11.8 Å². The molecule has 330 valence electrons. The molecule has 3 amide bonds. The molecule has 0 bridgehead atoms. The number of carboxylic acid groups (broad SMARTS) is 1. The molecule has 2 fully saturated rings. The molecule has 1 saturated heterocycles. The number of piperidine rings is 1. The van der Waals surface area contributed by atoms with Crippen LogP contribution in [0.3, 0.4) is 0 Å². The number of carbonyl (C=O) groups excluding carboxylic acids is 3. The molecule has 1 aliphatic heterocycles. The molecule has 18 nitrogen and oxygen atoms in total. The topological polar surface area (TPSA) is 246 Å². The van der Waals surface area contributed by atoms with Gasteiger partial charge < -0.3 is 47.6 Å². The van der Waals surface area contributed by atoms with Crippen LogP contribution in [-0.4, -0.2) is 122 Å². The smallest absolute Gasteiger partial charge is 0.320 e. The minimum atomic E-state index is -1.18. The fraction of sp³-hybridized carbons (Fsp3) is 0.667. The zero-order chi connectivity index (χ0) is 42.7. The first-order chi connectivity index (χ1) is 29.1. The first-order valence-electron chi connectivity index (χ1n) is 22.0. The summed E-state index contributed by atoms with van der Waals surface area (Å²) >= 11 is 0. The van der Waals surface area contributed by atoms with Crippen molar-refractivity contribution in [1.29, 1.82) is 0 Å². The lowest BCUT2D eigenvalue weighted by Gasteiger charge is -2.33. The Labute approximate surface area is 353 Å². The van der Waals surface area contributed by atoms with Crippen LogP contribution in [0.1, 0.15) is 103 Å². The maximum absolute atomic E-state index is 13.1. The molecule has 1 aliphatic carbocycles. The number of aromatic nitrogens is 5. The van der Waals surface area contributed by atoms with Crippen LogP contribution in [0.2, 0.25) is 0 Å². The van der Waals surface area contributed by atoms with Gasteiger partial charge in [0.2, 0.25) is 23.7 Å². The predicted octanol–water partition coefficient (Wildman–Crippen LogP) is 2.76. The van der Waals surface area contributed by atoms with E-state index in [1.807, 2.05) is 53.9 Å². The van der Waals surface area contributed by atoms with Crippen molar-refractivity contribution in [2.75, 3.05) is 49.9 Å². The molecule has 1 saturated carbocycles. The Morgan fingerprint density at radius 3 is 2.47 bits per heavy atom. The third kappa shape index (κ3) is 15.0. The Morgan fingerprint density at radius 2 is 1.70 bits per heavy atom. The number of benzene rings is 1. The lowest BCUT2D eigenvalue weighted by Crippen LogP contribution is -2.51. The van der Waals surface area contributed by atoms with Crippen molar-refractivity contribution in [2.45, 2.75) is 135 Å². The summed E-state index contributed by atoms with van der Waals surface area (Å²) in [4.78, 5) is 61.0. The number of fused-ring (bicyclic) bond motifs is 1. The molecular weight excluding hydrogens is 767 g/mol. The highest BCUT2D eigenvalue weighted by atomic mass is 16.4. The van der Waals surface area contributed by atoms with Gasteiger partial charge in [0.05, 0.1) is 18.3 Å². The van der Waals surface area contributed by atoms with Crippen LogP contribution < -0.4 is 37.6 Å². The largest absolute Gasteiger partial charge is 0.480 e. The van der Waals surface area contributed by atoms with Gasteiger partial charge in [-0.15, -0.1) is 5.10 Å². The number of nitrogens with zero attached hydrogens (tertiary/aromatic N) is 6. The van der Waals surface area contributed by atoms with Crippen molar-refractivity contribution in [3.8, 4) is 0 Å². The fourth-order valence-corrected chi connectivity index (χ4v) is 7.67. The number of likely N-dealkylation sites (tertiary alicyclic amines) is 1. The van der Waals surface area contributed by atoms with Crippen molar-refractivity contribution < 1.29 is 24.3 Å². The highest BCUT2D eigenvalue weighted by Gasteiger charge is 2.28. The van der Waals surface area contributed by atoms with E-state index >= 15 is 0 Å². The fourth-order valence-electron chi connectivity index (χ4n) is 7.67. The monoisotopic (exact) mass is 834 g/mol. The first-order valence-corrected chi connectivity index (χ1v) is 22.0. The molecule has 0 spiro atoms. The third-order valence-electron chi connectivity index (χ3n) is 11.6. The highest BCUT2D eigenvalue weighted by molar-refractivity contribution is 5.90. The van der Waals surface area contributed by atoms with Gasteiger partial charge in [-0.3, -0.25) is 23.9 Å². The normalized spacial score (nSPS) is 16.6. The average Bonchev–Trinajstić information content (AvgIpc) is 3.72. The van der Waals surface area contributed by atoms with Gasteiger partial charge in [0, 0.05) is 56.5 Å². The average molecular weight is 834 g/mol. The van der Waals surface area contributed by atoms with Gasteiger partial charge in [0.15, 0.2) is 0 Å². The highest BCUT2D eigenvalue weighted by Crippen LogP contribution is 2.25. The van der Waals surface area contributed by atoms with Crippen molar-refractivity contribution in [3.63, 3.8) is 0 Å². The van der Waals surface area contributed by atoms with Crippen molar-refractivity contribution in [1.82, 2.24) is 51.1 Å². The third-order valence-corrected chi connectivity index (χ3v) is 11.6. The van der Waals surface area contributed by atoms with E-state index in [-0.39, 0.29) is 49.6 Å². The second kappa shape index (κ2) is 24.3. The number of rotatable bonds is 25. The molecular formula is C42H67N13O5. The Hall–Kier alpha value is -4.94. The quantitative estimate of drug-likeness (QED) is 0.0573.